The van der Waals surface area contributed by atoms with Crippen molar-refractivity contribution < 1.29 is 19.7 Å². The number of rotatable bonds is 4. The van der Waals surface area contributed by atoms with E-state index in [9.17, 15) is 9.90 Å². The second-order valence-electron chi connectivity index (χ2n) is 7.31. The van der Waals surface area contributed by atoms with Crippen LogP contribution in [0.5, 0.6) is 0 Å². The summed E-state index contributed by atoms with van der Waals surface area (Å²) in [4.78, 5) is 21.4. The van der Waals surface area contributed by atoms with Crippen LogP contribution in [-0.4, -0.2) is 22.8 Å². The molecule has 2 saturated carbocycles. The minimum atomic E-state index is -0.964. The van der Waals surface area contributed by atoms with Gasteiger partial charge in [0.05, 0.1) is 0 Å². The van der Waals surface area contributed by atoms with Crippen LogP contribution >= 0.6 is 0 Å². The molecule has 2 aliphatic carbocycles. The quantitative estimate of drug-likeness (QED) is 0.489. The lowest BCUT2D eigenvalue weighted by atomic mass is 9.63. The maximum absolute atomic E-state index is 11.4. The summed E-state index contributed by atoms with van der Waals surface area (Å²) in [7, 11) is 0. The van der Waals surface area contributed by atoms with E-state index >= 15 is 0 Å². The predicted octanol–water partition coefficient (Wildman–Crippen LogP) is 3.00. The molecule has 2 rings (SSSR count). The molecule has 0 radical (unpaired) electrons. The predicted molar refractivity (Wildman–Crippen MR) is 75.6 cm³/mol. The fraction of sp³-hybridized carbons (Fsp3) is 0.812. The minimum Gasteiger partial charge on any atom is -0.386 e. The first kappa shape index (κ1) is 15.5. The molecule has 20 heavy (non-hydrogen) atoms. The van der Waals surface area contributed by atoms with E-state index in [1.807, 2.05) is 0 Å². The summed E-state index contributed by atoms with van der Waals surface area (Å²) < 4.78 is 0. The van der Waals surface area contributed by atoms with E-state index in [-0.39, 0.29) is 16.4 Å². The van der Waals surface area contributed by atoms with Crippen molar-refractivity contribution in [1.29, 1.82) is 0 Å². The number of carbonyl (C=O) groups excluding carboxylic acids is 1. The molecule has 0 aromatic heterocycles. The maximum Gasteiger partial charge on any atom is 0.368 e. The van der Waals surface area contributed by atoms with E-state index in [1.165, 1.54) is 0 Å². The molecule has 4 heteroatoms. The molecule has 0 aromatic rings. The minimum absolute atomic E-state index is 0.0672. The van der Waals surface area contributed by atoms with Gasteiger partial charge in [0.1, 0.15) is 11.7 Å². The largest absolute Gasteiger partial charge is 0.386 e. The summed E-state index contributed by atoms with van der Waals surface area (Å²) in [6.07, 6.45) is 2.26. The number of fused-ring (bicyclic) bond motifs is 2. The zero-order valence-corrected chi connectivity index (χ0v) is 13.2. The molecule has 114 valence electrons. The Kier molecular flexibility index (Phi) is 3.54. The van der Waals surface area contributed by atoms with Gasteiger partial charge in [0.2, 0.25) is 0 Å². The highest BCUT2D eigenvalue weighted by Gasteiger charge is 2.70. The van der Waals surface area contributed by atoms with Gasteiger partial charge in [-0.05, 0) is 44.4 Å². The number of hydrogen-bond donors (Lipinski definition) is 1. The first-order chi connectivity index (χ1) is 9.06. The van der Waals surface area contributed by atoms with Crippen molar-refractivity contribution in [2.75, 3.05) is 0 Å². The summed E-state index contributed by atoms with van der Waals surface area (Å²) >= 11 is 0. The van der Waals surface area contributed by atoms with E-state index in [2.05, 4.69) is 27.4 Å². The average molecular weight is 282 g/mol. The molecular formula is C16H26O4. The first-order valence-electron chi connectivity index (χ1n) is 7.32. The smallest absolute Gasteiger partial charge is 0.368 e. The molecule has 2 fully saturated rings. The van der Waals surface area contributed by atoms with Crippen LogP contribution in [0.4, 0.5) is 0 Å². The van der Waals surface area contributed by atoms with Crippen molar-refractivity contribution in [3.8, 4) is 0 Å². The Morgan fingerprint density at radius 3 is 2.40 bits per heavy atom. The van der Waals surface area contributed by atoms with Crippen molar-refractivity contribution in [2.24, 2.45) is 16.7 Å². The van der Waals surface area contributed by atoms with Gasteiger partial charge in [-0.1, -0.05) is 27.4 Å². The summed E-state index contributed by atoms with van der Waals surface area (Å²) in [5, 5.41) is 11.2. The SMILES string of the molecule is C=C(C)C(=O)OOC(C)[C@@]1(O)C[C@H]2CC[C@]1(C)C2(C)C. The molecule has 2 aliphatic rings. The van der Waals surface area contributed by atoms with Gasteiger partial charge < -0.3 is 5.11 Å². The number of hydrogen-bond acceptors (Lipinski definition) is 4. The fourth-order valence-electron chi connectivity index (χ4n) is 4.21. The summed E-state index contributed by atoms with van der Waals surface area (Å²) in [5.74, 6) is -0.103. The van der Waals surface area contributed by atoms with Crippen molar-refractivity contribution in [1.82, 2.24) is 0 Å². The number of aliphatic hydroxyl groups is 1. The molecule has 1 N–H and O–H groups in total. The molecule has 0 aromatic carbocycles. The molecule has 4 nitrogen and oxygen atoms in total. The lowest BCUT2D eigenvalue weighted by Crippen LogP contribution is -2.55. The van der Waals surface area contributed by atoms with Crippen molar-refractivity contribution >= 4 is 5.97 Å². The van der Waals surface area contributed by atoms with E-state index in [0.29, 0.717) is 12.3 Å². The fourth-order valence-corrected chi connectivity index (χ4v) is 4.21. The zero-order chi connectivity index (χ0) is 15.3. The standard InChI is InChI=1S/C16H26O4/c1-10(2)13(17)20-19-11(3)16(18)9-12-7-8-15(16,6)14(12,4)5/h11-12,18H,1,7-9H2,2-6H3/t11?,12-,15-,16+/m1/s1. The molecular weight excluding hydrogens is 256 g/mol. The highest BCUT2D eigenvalue weighted by molar-refractivity contribution is 5.86. The van der Waals surface area contributed by atoms with Gasteiger partial charge in [-0.15, -0.1) is 0 Å². The molecule has 0 amide bonds. The Morgan fingerprint density at radius 1 is 1.40 bits per heavy atom. The van der Waals surface area contributed by atoms with Crippen LogP contribution in [0, 0.1) is 16.7 Å². The molecule has 1 unspecified atom stereocenters. The molecule has 4 atom stereocenters. The Labute approximate surface area is 121 Å². The Bertz CT molecular complexity index is 442. The van der Waals surface area contributed by atoms with Gasteiger partial charge in [-0.25, -0.2) is 4.79 Å². The summed E-state index contributed by atoms with van der Waals surface area (Å²) in [6.45, 7) is 13.4. The lowest BCUT2D eigenvalue weighted by Gasteiger charge is -2.47. The summed E-state index contributed by atoms with van der Waals surface area (Å²) in [5.41, 5.74) is -0.838. The third-order valence-corrected chi connectivity index (χ3v) is 6.24. The molecule has 0 spiro atoms. The van der Waals surface area contributed by atoms with Gasteiger partial charge in [0.15, 0.2) is 0 Å². The van der Waals surface area contributed by atoms with Crippen LogP contribution in [0.25, 0.3) is 0 Å². The van der Waals surface area contributed by atoms with E-state index in [0.717, 1.165) is 12.8 Å². The van der Waals surface area contributed by atoms with Crippen molar-refractivity contribution in [2.45, 2.75) is 65.6 Å². The lowest BCUT2D eigenvalue weighted by molar-refractivity contribution is -0.332. The Morgan fingerprint density at radius 2 is 2.00 bits per heavy atom. The van der Waals surface area contributed by atoms with Crippen LogP contribution in [-0.2, 0) is 14.6 Å². The van der Waals surface area contributed by atoms with Crippen LogP contribution in [0.15, 0.2) is 12.2 Å². The van der Waals surface area contributed by atoms with Crippen LogP contribution in [0.1, 0.15) is 53.9 Å². The van der Waals surface area contributed by atoms with Crippen molar-refractivity contribution in [3.05, 3.63) is 12.2 Å². The Hall–Kier alpha value is -0.870. The first-order valence-corrected chi connectivity index (χ1v) is 7.32. The average Bonchev–Trinajstić information content (AvgIpc) is 2.67. The molecule has 2 bridgehead atoms. The van der Waals surface area contributed by atoms with Gasteiger partial charge in [-0.2, -0.15) is 4.89 Å². The normalized spacial score (nSPS) is 39.6. The maximum atomic E-state index is 11.4. The third kappa shape index (κ3) is 1.85. The van der Waals surface area contributed by atoms with Crippen LogP contribution < -0.4 is 0 Å². The third-order valence-electron chi connectivity index (χ3n) is 6.24. The van der Waals surface area contributed by atoms with E-state index in [1.54, 1.807) is 13.8 Å². The van der Waals surface area contributed by atoms with Gasteiger partial charge in [0, 0.05) is 11.0 Å². The summed E-state index contributed by atoms with van der Waals surface area (Å²) in [6, 6.07) is 0. The highest BCUT2D eigenvalue weighted by atomic mass is 17.2. The second kappa shape index (κ2) is 4.57. The second-order valence-corrected chi connectivity index (χ2v) is 7.31. The Balaban J connectivity index is 2.12. The van der Waals surface area contributed by atoms with E-state index < -0.39 is 17.7 Å². The van der Waals surface area contributed by atoms with E-state index in [4.69, 9.17) is 9.78 Å². The zero-order valence-electron chi connectivity index (χ0n) is 13.2. The number of carbonyl (C=O) groups is 1. The van der Waals surface area contributed by atoms with Crippen molar-refractivity contribution in [3.63, 3.8) is 0 Å². The van der Waals surface area contributed by atoms with Gasteiger partial charge in [-0.3, -0.25) is 4.89 Å². The molecule has 0 saturated heterocycles. The molecule has 0 aliphatic heterocycles. The monoisotopic (exact) mass is 282 g/mol. The van der Waals surface area contributed by atoms with Gasteiger partial charge in [0.25, 0.3) is 0 Å². The molecule has 0 heterocycles. The topological polar surface area (TPSA) is 55.8 Å². The van der Waals surface area contributed by atoms with Crippen LogP contribution in [0.2, 0.25) is 0 Å². The van der Waals surface area contributed by atoms with Crippen LogP contribution in [0.3, 0.4) is 0 Å². The highest BCUT2D eigenvalue weighted by Crippen LogP contribution is 2.70. The van der Waals surface area contributed by atoms with Gasteiger partial charge >= 0.3 is 5.97 Å².